The minimum absolute atomic E-state index is 0.0334. The summed E-state index contributed by atoms with van der Waals surface area (Å²) in [5, 5.41) is 21.0. The van der Waals surface area contributed by atoms with Gasteiger partial charge >= 0.3 is 0 Å². The summed E-state index contributed by atoms with van der Waals surface area (Å²) in [6.45, 7) is 2.76. The van der Waals surface area contributed by atoms with Crippen LogP contribution in [0.2, 0.25) is 5.02 Å². The van der Waals surface area contributed by atoms with Gasteiger partial charge in [0.25, 0.3) is 11.5 Å². The number of nitriles is 1. The molecule has 1 amide bonds. The van der Waals surface area contributed by atoms with Crippen LogP contribution in [0.25, 0.3) is 6.08 Å². The molecule has 186 valence electrons. The van der Waals surface area contributed by atoms with Gasteiger partial charge in [0, 0.05) is 5.02 Å². The van der Waals surface area contributed by atoms with E-state index in [1.165, 1.54) is 6.92 Å². The first-order valence-corrected chi connectivity index (χ1v) is 12.7. The predicted molar refractivity (Wildman–Crippen MR) is 148 cm³/mol. The van der Waals surface area contributed by atoms with Gasteiger partial charge in [-0.05, 0) is 42.7 Å². The number of aromatic hydroxyl groups is 1. The highest BCUT2D eigenvalue weighted by Gasteiger charge is 2.35. The van der Waals surface area contributed by atoms with Crippen LogP contribution in [0.4, 0.5) is 0 Å². The van der Waals surface area contributed by atoms with E-state index in [2.05, 4.69) is 0 Å². The fraction of sp³-hybridized carbons (Fsp3) is 0.148. The number of hydrogen-bond donors (Lipinski definition) is 1. The van der Waals surface area contributed by atoms with Crippen molar-refractivity contribution in [3.05, 3.63) is 102 Å². The second-order valence-electron chi connectivity index (χ2n) is 8.39. The third-order valence-corrected chi connectivity index (χ3v) is 7.66. The van der Waals surface area contributed by atoms with Gasteiger partial charge in [0.05, 0.1) is 23.6 Å². The second kappa shape index (κ2) is 10.7. The molecule has 0 atom stereocenters. The maximum atomic E-state index is 13.4. The Labute approximate surface area is 227 Å². The summed E-state index contributed by atoms with van der Waals surface area (Å²) in [7, 11) is 0. The third-order valence-electron chi connectivity index (χ3n) is 5.92. The number of carbonyl (C=O) groups is 2. The van der Waals surface area contributed by atoms with Crippen molar-refractivity contribution in [3.8, 4) is 11.9 Å². The zero-order valence-corrected chi connectivity index (χ0v) is 22.2. The predicted octanol–water partition coefficient (Wildman–Crippen LogP) is 4.83. The van der Waals surface area contributed by atoms with Crippen molar-refractivity contribution < 1.29 is 14.7 Å². The van der Waals surface area contributed by atoms with Gasteiger partial charge in [0.2, 0.25) is 5.88 Å². The third kappa shape index (κ3) is 5.23. The van der Waals surface area contributed by atoms with Crippen molar-refractivity contribution in [2.45, 2.75) is 20.4 Å². The standard InChI is InChI=1S/C27H20ClN3O4S2/c1-15-7-9-17(10-8-15)11-22-25(34)31(27(36)37-22)14-21(32)23-16(2)19(12-29)24(33)30(26(23)35)13-18-5-3-4-6-20(18)28/h3-11,35H,13-14H2,1-2H3/b22-11-. The molecule has 37 heavy (non-hydrogen) atoms. The number of halogens is 1. The first-order chi connectivity index (χ1) is 17.6. The number of benzene rings is 2. The van der Waals surface area contributed by atoms with Crippen molar-refractivity contribution >= 4 is 57.7 Å². The minimum atomic E-state index is -0.749. The van der Waals surface area contributed by atoms with Gasteiger partial charge in [-0.1, -0.05) is 83.6 Å². The van der Waals surface area contributed by atoms with Crippen LogP contribution >= 0.6 is 35.6 Å². The van der Waals surface area contributed by atoms with Crippen LogP contribution in [0, 0.1) is 25.2 Å². The average Bonchev–Trinajstić information content (AvgIpc) is 3.12. The van der Waals surface area contributed by atoms with Gasteiger partial charge in [-0.3, -0.25) is 23.9 Å². The van der Waals surface area contributed by atoms with Crippen LogP contribution in [0.3, 0.4) is 0 Å². The van der Waals surface area contributed by atoms with Crippen LogP contribution in [0.15, 0.2) is 58.2 Å². The molecule has 1 aliphatic rings. The Hall–Kier alpha value is -3.71. The van der Waals surface area contributed by atoms with Crippen molar-refractivity contribution in [2.75, 3.05) is 6.54 Å². The molecular formula is C27H20ClN3O4S2. The summed E-state index contributed by atoms with van der Waals surface area (Å²) in [6.07, 6.45) is 1.70. The van der Waals surface area contributed by atoms with Crippen molar-refractivity contribution in [1.29, 1.82) is 5.26 Å². The van der Waals surface area contributed by atoms with E-state index in [0.717, 1.165) is 32.4 Å². The van der Waals surface area contributed by atoms with Crippen LogP contribution in [0.1, 0.15) is 38.2 Å². The van der Waals surface area contributed by atoms with Gasteiger partial charge in [-0.2, -0.15) is 5.26 Å². The Bertz CT molecular complexity index is 1590. The van der Waals surface area contributed by atoms with Crippen LogP contribution in [-0.4, -0.2) is 37.1 Å². The average molecular weight is 550 g/mol. The number of nitrogens with zero attached hydrogens (tertiary/aromatic N) is 3. The normalized spacial score (nSPS) is 14.3. The van der Waals surface area contributed by atoms with E-state index in [4.69, 9.17) is 23.8 Å². The number of Topliss-reactive ketones (excluding diaryl/α,β-unsaturated/α-hetero) is 1. The second-order valence-corrected chi connectivity index (χ2v) is 10.5. The van der Waals surface area contributed by atoms with Crippen LogP contribution < -0.4 is 5.56 Å². The van der Waals surface area contributed by atoms with E-state index in [0.29, 0.717) is 15.5 Å². The van der Waals surface area contributed by atoms with E-state index in [1.54, 1.807) is 30.3 Å². The lowest BCUT2D eigenvalue weighted by atomic mass is 10.0. The van der Waals surface area contributed by atoms with Crippen molar-refractivity contribution in [2.24, 2.45) is 0 Å². The molecule has 0 aliphatic carbocycles. The number of amides is 1. The number of ketones is 1. The molecule has 10 heteroatoms. The van der Waals surface area contributed by atoms with E-state index >= 15 is 0 Å². The Morgan fingerprint density at radius 1 is 1.16 bits per heavy atom. The molecule has 0 radical (unpaired) electrons. The lowest BCUT2D eigenvalue weighted by Crippen LogP contribution is -2.35. The number of thioether (sulfide) groups is 1. The van der Waals surface area contributed by atoms with Crippen LogP contribution in [-0.2, 0) is 11.3 Å². The van der Waals surface area contributed by atoms with Crippen molar-refractivity contribution in [1.82, 2.24) is 9.47 Å². The molecule has 4 rings (SSSR count). The fourth-order valence-electron chi connectivity index (χ4n) is 3.90. The summed E-state index contributed by atoms with van der Waals surface area (Å²) in [4.78, 5) is 40.9. The Morgan fingerprint density at radius 3 is 2.49 bits per heavy atom. The smallest absolute Gasteiger partial charge is 0.271 e. The van der Waals surface area contributed by atoms with Gasteiger partial charge in [0.15, 0.2) is 5.78 Å². The highest BCUT2D eigenvalue weighted by Crippen LogP contribution is 2.33. The van der Waals surface area contributed by atoms with Gasteiger partial charge in [-0.15, -0.1) is 0 Å². The maximum absolute atomic E-state index is 13.4. The molecule has 1 N–H and O–H groups in total. The van der Waals surface area contributed by atoms with E-state index < -0.39 is 29.7 Å². The molecule has 0 bridgehead atoms. The summed E-state index contributed by atoms with van der Waals surface area (Å²) in [5.74, 6) is -1.70. The molecule has 1 aromatic heterocycles. The summed E-state index contributed by atoms with van der Waals surface area (Å²) in [6, 6.07) is 16.2. The highest BCUT2D eigenvalue weighted by molar-refractivity contribution is 8.26. The Morgan fingerprint density at radius 2 is 1.84 bits per heavy atom. The zero-order chi connectivity index (χ0) is 26.9. The molecule has 0 unspecified atom stereocenters. The number of pyridine rings is 1. The molecule has 2 heterocycles. The Kier molecular flexibility index (Phi) is 7.64. The minimum Gasteiger partial charge on any atom is -0.494 e. The first-order valence-electron chi connectivity index (χ1n) is 11.1. The molecule has 2 aromatic carbocycles. The first kappa shape index (κ1) is 26.4. The lowest BCUT2D eigenvalue weighted by Gasteiger charge is -2.18. The fourth-order valence-corrected chi connectivity index (χ4v) is 5.35. The maximum Gasteiger partial charge on any atom is 0.271 e. The topological polar surface area (TPSA) is 103 Å². The SMILES string of the molecule is Cc1ccc(/C=C2\SC(=S)N(CC(=O)c3c(C)c(C#N)c(=O)n(Cc4ccccc4Cl)c3O)C2=O)cc1. The number of thiocarbonyl (C=S) groups is 1. The molecule has 0 spiro atoms. The zero-order valence-electron chi connectivity index (χ0n) is 19.8. The van der Waals surface area contributed by atoms with Gasteiger partial charge < -0.3 is 5.11 Å². The number of aryl methyl sites for hydroxylation is 1. The van der Waals surface area contributed by atoms with E-state index in [-0.39, 0.29) is 27.6 Å². The molecule has 3 aromatic rings. The number of hydrogen-bond acceptors (Lipinski definition) is 7. The van der Waals surface area contributed by atoms with Gasteiger partial charge in [-0.25, -0.2) is 0 Å². The largest absolute Gasteiger partial charge is 0.494 e. The number of aromatic nitrogens is 1. The number of rotatable bonds is 6. The molecule has 7 nitrogen and oxygen atoms in total. The van der Waals surface area contributed by atoms with E-state index in [9.17, 15) is 24.8 Å². The molecular weight excluding hydrogens is 530 g/mol. The Balaban J connectivity index is 1.68. The molecule has 1 aliphatic heterocycles. The van der Waals surface area contributed by atoms with E-state index in [1.807, 2.05) is 37.3 Å². The lowest BCUT2D eigenvalue weighted by molar-refractivity contribution is -0.121. The number of carbonyl (C=O) groups excluding carboxylic acids is 2. The monoisotopic (exact) mass is 549 g/mol. The quantitative estimate of drug-likeness (QED) is 0.267. The summed E-state index contributed by atoms with van der Waals surface area (Å²) < 4.78 is 1.13. The molecule has 1 fully saturated rings. The van der Waals surface area contributed by atoms with Crippen molar-refractivity contribution in [3.63, 3.8) is 0 Å². The highest BCUT2D eigenvalue weighted by atomic mass is 35.5. The van der Waals surface area contributed by atoms with Gasteiger partial charge in [0.1, 0.15) is 16.0 Å². The van der Waals surface area contributed by atoms with Crippen LogP contribution in [0.5, 0.6) is 5.88 Å². The summed E-state index contributed by atoms with van der Waals surface area (Å²) >= 11 is 12.6. The molecule has 0 saturated carbocycles. The summed E-state index contributed by atoms with van der Waals surface area (Å²) in [5.41, 5.74) is 1.20. The molecule has 1 saturated heterocycles.